The molecule has 1 saturated heterocycles. The summed E-state index contributed by atoms with van der Waals surface area (Å²) in [5, 5.41) is 1.92. The number of hydrogen-bond donors (Lipinski definition) is 1. The first-order valence-corrected chi connectivity index (χ1v) is 4.45. The van der Waals surface area contributed by atoms with Crippen LogP contribution in [0.3, 0.4) is 0 Å². The van der Waals surface area contributed by atoms with Crippen LogP contribution in [0.5, 0.6) is 0 Å². The zero-order valence-electron chi connectivity index (χ0n) is 7.51. The molecule has 12 heavy (non-hydrogen) atoms. The summed E-state index contributed by atoms with van der Waals surface area (Å²) < 4.78 is 5.15. The summed E-state index contributed by atoms with van der Waals surface area (Å²) in [4.78, 5) is 11.1. The normalized spacial score (nSPS) is 19.1. The van der Waals surface area contributed by atoms with Gasteiger partial charge in [0.25, 0.3) is 0 Å². The van der Waals surface area contributed by atoms with Crippen LogP contribution in [0.2, 0.25) is 0 Å². The minimum Gasteiger partial charge on any atom is -0.379 e. The van der Waals surface area contributed by atoms with Crippen LogP contribution in [0.4, 0.5) is 0 Å². The molecule has 70 valence electrons. The molecule has 1 N–H and O–H groups in total. The van der Waals surface area contributed by atoms with Gasteiger partial charge in [-0.15, -0.1) is 0 Å². The second kappa shape index (κ2) is 5.11. The molecule has 0 aliphatic carbocycles. The molecule has 0 spiro atoms. The smallest absolute Gasteiger partial charge is 0.234 e. The Kier molecular flexibility index (Phi) is 4.04. The number of nitrogens with one attached hydrogen (secondary N) is 1. The van der Waals surface area contributed by atoms with Gasteiger partial charge in [0, 0.05) is 19.5 Å². The number of morpholine rings is 1. The second-order valence-electron chi connectivity index (χ2n) is 2.88. The van der Waals surface area contributed by atoms with Gasteiger partial charge in [0.05, 0.1) is 13.2 Å². The average Bonchev–Trinajstić information content (AvgIpc) is 2.06. The highest BCUT2D eigenvalue weighted by atomic mass is 16.5. The third-order valence-electron chi connectivity index (χ3n) is 1.77. The summed E-state index contributed by atoms with van der Waals surface area (Å²) in [7, 11) is 0. The van der Waals surface area contributed by atoms with Gasteiger partial charge in [-0.05, 0) is 6.42 Å². The third kappa shape index (κ3) is 3.19. The Morgan fingerprint density at radius 2 is 2.17 bits per heavy atom. The van der Waals surface area contributed by atoms with Crippen molar-refractivity contribution in [3.63, 3.8) is 0 Å². The Morgan fingerprint density at radius 3 is 2.75 bits per heavy atom. The molecule has 0 aromatic rings. The molecule has 0 saturated carbocycles. The van der Waals surface area contributed by atoms with Crippen molar-refractivity contribution in [3.05, 3.63) is 0 Å². The van der Waals surface area contributed by atoms with Crippen molar-refractivity contribution < 1.29 is 9.53 Å². The van der Waals surface area contributed by atoms with Crippen LogP contribution in [0, 0.1) is 0 Å². The van der Waals surface area contributed by atoms with Crippen molar-refractivity contribution in [2.45, 2.75) is 19.8 Å². The molecular weight excluding hydrogens is 156 g/mol. The van der Waals surface area contributed by atoms with Crippen LogP contribution >= 0.6 is 0 Å². The number of carbonyl (C=O) groups excluding carboxylic acids is 1. The number of rotatable bonds is 3. The predicted molar refractivity (Wildman–Crippen MR) is 45.4 cm³/mol. The minimum atomic E-state index is 0.111. The van der Waals surface area contributed by atoms with Gasteiger partial charge in [-0.25, -0.2) is 5.01 Å². The van der Waals surface area contributed by atoms with Crippen LogP contribution in [-0.4, -0.2) is 37.2 Å². The fourth-order valence-electron chi connectivity index (χ4n) is 1.13. The number of hydrazine groups is 1. The summed E-state index contributed by atoms with van der Waals surface area (Å²) in [6, 6.07) is 0. The lowest BCUT2D eigenvalue weighted by molar-refractivity contribution is -0.128. The molecule has 0 atom stereocenters. The Balaban J connectivity index is 2.15. The fourth-order valence-corrected chi connectivity index (χ4v) is 1.13. The van der Waals surface area contributed by atoms with E-state index in [0.29, 0.717) is 19.6 Å². The maximum atomic E-state index is 11.1. The SMILES string of the molecule is CCCC(=O)NN1CCOCC1. The van der Waals surface area contributed by atoms with Crippen LogP contribution in [0.25, 0.3) is 0 Å². The Hall–Kier alpha value is -0.610. The van der Waals surface area contributed by atoms with E-state index in [4.69, 9.17) is 4.74 Å². The van der Waals surface area contributed by atoms with Crippen LogP contribution in [0.1, 0.15) is 19.8 Å². The number of ether oxygens (including phenoxy) is 1. The molecular formula is C8H16N2O2. The lowest BCUT2D eigenvalue weighted by Gasteiger charge is -2.26. The molecule has 1 fully saturated rings. The standard InChI is InChI=1S/C8H16N2O2/c1-2-3-8(11)9-10-4-6-12-7-5-10/h2-7H2,1H3,(H,9,11). The van der Waals surface area contributed by atoms with Gasteiger partial charge in [-0.3, -0.25) is 10.2 Å². The number of nitrogens with zero attached hydrogens (tertiary/aromatic N) is 1. The van der Waals surface area contributed by atoms with Crippen molar-refractivity contribution in [3.8, 4) is 0 Å². The first-order valence-electron chi connectivity index (χ1n) is 4.45. The highest BCUT2D eigenvalue weighted by Gasteiger charge is 2.11. The molecule has 1 amide bonds. The largest absolute Gasteiger partial charge is 0.379 e. The lowest BCUT2D eigenvalue weighted by atomic mass is 10.3. The van der Waals surface area contributed by atoms with Gasteiger partial charge >= 0.3 is 0 Å². The van der Waals surface area contributed by atoms with Crippen molar-refractivity contribution in [2.75, 3.05) is 26.3 Å². The second-order valence-corrected chi connectivity index (χ2v) is 2.88. The predicted octanol–water partition coefficient (Wildman–Crippen LogP) is 0.150. The van der Waals surface area contributed by atoms with Crippen molar-refractivity contribution in [2.24, 2.45) is 0 Å². The lowest BCUT2D eigenvalue weighted by Crippen LogP contribution is -2.48. The Labute approximate surface area is 72.8 Å². The quantitative estimate of drug-likeness (QED) is 0.659. The summed E-state index contributed by atoms with van der Waals surface area (Å²) in [6.07, 6.45) is 1.51. The molecule has 1 heterocycles. The molecule has 1 aliphatic heterocycles. The monoisotopic (exact) mass is 172 g/mol. The number of amides is 1. The number of hydrogen-bond acceptors (Lipinski definition) is 3. The molecule has 0 radical (unpaired) electrons. The molecule has 1 aliphatic rings. The maximum Gasteiger partial charge on any atom is 0.234 e. The van der Waals surface area contributed by atoms with Gasteiger partial charge in [0.2, 0.25) is 5.91 Å². The van der Waals surface area contributed by atoms with E-state index in [9.17, 15) is 4.79 Å². The van der Waals surface area contributed by atoms with Gasteiger partial charge in [0.15, 0.2) is 0 Å². The van der Waals surface area contributed by atoms with Gasteiger partial charge < -0.3 is 4.74 Å². The van der Waals surface area contributed by atoms with Gasteiger partial charge in [-0.2, -0.15) is 0 Å². The minimum absolute atomic E-state index is 0.111. The van der Waals surface area contributed by atoms with Gasteiger partial charge in [0.1, 0.15) is 0 Å². The summed E-state index contributed by atoms with van der Waals surface area (Å²) >= 11 is 0. The maximum absolute atomic E-state index is 11.1. The summed E-state index contributed by atoms with van der Waals surface area (Å²) in [5.41, 5.74) is 2.83. The molecule has 4 nitrogen and oxygen atoms in total. The van der Waals surface area contributed by atoms with Crippen LogP contribution in [0.15, 0.2) is 0 Å². The van der Waals surface area contributed by atoms with E-state index in [1.807, 2.05) is 11.9 Å². The third-order valence-corrected chi connectivity index (χ3v) is 1.77. The highest BCUT2D eigenvalue weighted by molar-refractivity contribution is 5.75. The van der Waals surface area contributed by atoms with E-state index >= 15 is 0 Å². The fraction of sp³-hybridized carbons (Fsp3) is 0.875. The topological polar surface area (TPSA) is 41.6 Å². The van der Waals surface area contributed by atoms with E-state index in [1.54, 1.807) is 0 Å². The molecule has 0 aromatic heterocycles. The molecule has 0 aromatic carbocycles. The van der Waals surface area contributed by atoms with Crippen LogP contribution < -0.4 is 5.43 Å². The highest BCUT2D eigenvalue weighted by Crippen LogP contribution is 1.94. The van der Waals surface area contributed by atoms with Crippen molar-refractivity contribution >= 4 is 5.91 Å². The van der Waals surface area contributed by atoms with E-state index in [1.165, 1.54) is 0 Å². The summed E-state index contributed by atoms with van der Waals surface area (Å²) in [5.74, 6) is 0.111. The van der Waals surface area contributed by atoms with E-state index in [0.717, 1.165) is 19.5 Å². The van der Waals surface area contributed by atoms with E-state index in [-0.39, 0.29) is 5.91 Å². The number of carbonyl (C=O) groups is 1. The van der Waals surface area contributed by atoms with Crippen molar-refractivity contribution in [1.82, 2.24) is 10.4 Å². The van der Waals surface area contributed by atoms with Crippen LogP contribution in [-0.2, 0) is 9.53 Å². The molecule has 4 heteroatoms. The molecule has 1 rings (SSSR count). The first-order chi connectivity index (χ1) is 5.83. The van der Waals surface area contributed by atoms with Gasteiger partial charge in [-0.1, -0.05) is 6.92 Å². The Morgan fingerprint density at radius 1 is 1.50 bits per heavy atom. The molecule has 0 bridgehead atoms. The first kappa shape index (κ1) is 9.48. The van der Waals surface area contributed by atoms with E-state index < -0.39 is 0 Å². The molecule has 0 unspecified atom stereocenters. The average molecular weight is 172 g/mol. The Bertz CT molecular complexity index is 144. The summed E-state index contributed by atoms with van der Waals surface area (Å²) in [6.45, 7) is 5.03. The van der Waals surface area contributed by atoms with E-state index in [2.05, 4.69) is 5.43 Å². The zero-order chi connectivity index (χ0) is 8.81. The zero-order valence-corrected chi connectivity index (χ0v) is 7.51. The van der Waals surface area contributed by atoms with Crippen molar-refractivity contribution in [1.29, 1.82) is 0 Å².